The molecule has 27 heavy (non-hydrogen) atoms. The number of halogens is 6. The van der Waals surface area contributed by atoms with E-state index in [-0.39, 0.29) is 37.6 Å². The lowest BCUT2D eigenvalue weighted by Crippen LogP contribution is -2.42. The van der Waals surface area contributed by atoms with Gasteiger partial charge in [0, 0.05) is 27.6 Å². The summed E-state index contributed by atoms with van der Waals surface area (Å²) in [6.07, 6.45) is -5.42. The molecule has 0 spiro atoms. The van der Waals surface area contributed by atoms with Crippen molar-refractivity contribution in [2.45, 2.75) is 18.2 Å². The molecular formula is C16H9Cl3F3N3O2. The van der Waals surface area contributed by atoms with E-state index >= 15 is 0 Å². The van der Waals surface area contributed by atoms with E-state index in [0.717, 1.165) is 12.1 Å². The minimum atomic E-state index is -4.80. The molecule has 1 aliphatic heterocycles. The second-order valence-corrected chi connectivity index (χ2v) is 6.97. The van der Waals surface area contributed by atoms with E-state index in [9.17, 15) is 18.1 Å². The van der Waals surface area contributed by atoms with Crippen LogP contribution in [0.15, 0.2) is 46.8 Å². The SMILES string of the molecule is O=NNc1cc(C2=NOC(c3cc(Cl)cc(Cl)c3)(C(F)(F)F)C2)ccc1Cl. The molecule has 5 nitrogen and oxygen atoms in total. The average Bonchev–Trinajstić information content (AvgIpc) is 3.03. The molecule has 1 aliphatic rings. The molecule has 142 valence electrons. The molecular weight excluding hydrogens is 430 g/mol. The summed E-state index contributed by atoms with van der Waals surface area (Å²) in [5, 5.41) is 6.37. The van der Waals surface area contributed by atoms with Gasteiger partial charge in [0.1, 0.15) is 0 Å². The minimum Gasteiger partial charge on any atom is -0.374 e. The molecule has 11 heteroatoms. The van der Waals surface area contributed by atoms with Crippen molar-refractivity contribution in [2.75, 3.05) is 5.43 Å². The molecule has 1 heterocycles. The van der Waals surface area contributed by atoms with Crippen LogP contribution in [0.5, 0.6) is 0 Å². The highest BCUT2D eigenvalue weighted by Crippen LogP contribution is 2.49. The van der Waals surface area contributed by atoms with E-state index in [0.29, 0.717) is 0 Å². The quantitative estimate of drug-likeness (QED) is 0.449. The maximum atomic E-state index is 13.9. The molecule has 0 aliphatic carbocycles. The van der Waals surface area contributed by atoms with E-state index < -0.39 is 18.2 Å². The first-order chi connectivity index (χ1) is 12.7. The van der Waals surface area contributed by atoms with Crippen LogP contribution < -0.4 is 5.43 Å². The van der Waals surface area contributed by atoms with Gasteiger partial charge in [-0.25, -0.2) is 5.43 Å². The molecule has 0 aromatic heterocycles. The molecule has 2 aromatic rings. The Morgan fingerprint density at radius 2 is 1.78 bits per heavy atom. The van der Waals surface area contributed by atoms with Crippen molar-refractivity contribution in [1.82, 2.24) is 0 Å². The Morgan fingerprint density at radius 1 is 1.11 bits per heavy atom. The molecule has 3 rings (SSSR count). The lowest BCUT2D eigenvalue weighted by atomic mass is 9.86. The predicted octanol–water partition coefficient (Wildman–Crippen LogP) is 6.32. The van der Waals surface area contributed by atoms with E-state index in [4.69, 9.17) is 39.6 Å². The van der Waals surface area contributed by atoms with Crippen LogP contribution in [-0.4, -0.2) is 11.9 Å². The number of nitrogens with zero attached hydrogens (tertiary/aromatic N) is 2. The molecule has 0 saturated heterocycles. The summed E-state index contributed by atoms with van der Waals surface area (Å²) in [5.41, 5.74) is -0.474. The van der Waals surface area contributed by atoms with E-state index in [1.807, 2.05) is 0 Å². The fraction of sp³-hybridized carbons (Fsp3) is 0.188. The monoisotopic (exact) mass is 437 g/mol. The molecule has 0 fully saturated rings. The molecule has 1 atom stereocenters. The van der Waals surface area contributed by atoms with Gasteiger partial charge in [-0.2, -0.15) is 13.2 Å². The second-order valence-electron chi connectivity index (χ2n) is 5.69. The topological polar surface area (TPSA) is 63.0 Å². The summed E-state index contributed by atoms with van der Waals surface area (Å²) >= 11 is 17.6. The number of benzene rings is 2. The Labute approximate surface area is 166 Å². The first-order valence-corrected chi connectivity index (χ1v) is 8.46. The second kappa shape index (κ2) is 7.18. The smallest absolute Gasteiger partial charge is 0.374 e. The van der Waals surface area contributed by atoms with Crippen molar-refractivity contribution in [3.63, 3.8) is 0 Å². The van der Waals surface area contributed by atoms with Crippen molar-refractivity contribution < 1.29 is 18.0 Å². The minimum absolute atomic E-state index is 0.00837. The Bertz CT molecular complexity index is 917. The Morgan fingerprint density at radius 3 is 2.37 bits per heavy atom. The van der Waals surface area contributed by atoms with Gasteiger partial charge in [-0.3, -0.25) is 0 Å². The molecule has 1 N–H and O–H groups in total. The number of nitrogens with one attached hydrogen (secondary N) is 1. The van der Waals surface area contributed by atoms with Crippen molar-refractivity contribution >= 4 is 46.2 Å². The Hall–Kier alpha value is -2.03. The lowest BCUT2D eigenvalue weighted by molar-refractivity contribution is -0.275. The summed E-state index contributed by atoms with van der Waals surface area (Å²) in [4.78, 5) is 15.3. The summed E-state index contributed by atoms with van der Waals surface area (Å²) in [6, 6.07) is 7.78. The van der Waals surface area contributed by atoms with Crippen LogP contribution in [0.25, 0.3) is 0 Å². The van der Waals surface area contributed by atoms with Gasteiger partial charge in [-0.1, -0.05) is 46.0 Å². The van der Waals surface area contributed by atoms with Crippen molar-refractivity contribution in [3.05, 3.63) is 67.5 Å². The average molecular weight is 439 g/mol. The van der Waals surface area contributed by atoms with Crippen molar-refractivity contribution in [2.24, 2.45) is 10.4 Å². The van der Waals surface area contributed by atoms with Gasteiger partial charge >= 0.3 is 6.18 Å². The van der Waals surface area contributed by atoms with Crippen molar-refractivity contribution in [1.29, 1.82) is 0 Å². The normalized spacial score (nSPS) is 19.4. The van der Waals surface area contributed by atoms with Gasteiger partial charge in [0.05, 0.1) is 21.7 Å². The number of nitroso groups, excluding NO2 is 1. The number of oxime groups is 1. The molecule has 2 aromatic carbocycles. The van der Waals surface area contributed by atoms with Gasteiger partial charge in [0.2, 0.25) is 0 Å². The summed E-state index contributed by atoms with van der Waals surface area (Å²) in [6.45, 7) is 0. The van der Waals surface area contributed by atoms with Crippen LogP contribution in [0.3, 0.4) is 0 Å². The zero-order chi connectivity index (χ0) is 19.8. The van der Waals surface area contributed by atoms with E-state index in [1.54, 1.807) is 0 Å². The van der Waals surface area contributed by atoms with Crippen LogP contribution in [0, 0.1) is 4.91 Å². The fourth-order valence-corrected chi connectivity index (χ4v) is 3.37. The van der Waals surface area contributed by atoms with Gasteiger partial charge in [-0.15, -0.1) is 4.91 Å². The van der Waals surface area contributed by atoms with Gasteiger partial charge in [-0.05, 0) is 30.3 Å². The highest BCUT2D eigenvalue weighted by molar-refractivity contribution is 6.34. The van der Waals surface area contributed by atoms with Gasteiger partial charge < -0.3 is 4.84 Å². The third kappa shape index (κ3) is 3.69. The predicted molar refractivity (Wildman–Crippen MR) is 97.3 cm³/mol. The third-order valence-electron chi connectivity index (χ3n) is 3.98. The highest BCUT2D eigenvalue weighted by atomic mass is 35.5. The lowest BCUT2D eigenvalue weighted by Gasteiger charge is -2.29. The zero-order valence-corrected chi connectivity index (χ0v) is 15.4. The molecule has 0 radical (unpaired) electrons. The summed E-state index contributed by atoms with van der Waals surface area (Å²) in [7, 11) is 0. The zero-order valence-electron chi connectivity index (χ0n) is 13.1. The number of anilines is 1. The first-order valence-electron chi connectivity index (χ1n) is 7.33. The molecule has 0 saturated carbocycles. The maximum absolute atomic E-state index is 13.9. The molecule has 1 unspecified atom stereocenters. The Kier molecular flexibility index (Phi) is 5.24. The van der Waals surface area contributed by atoms with Crippen LogP contribution in [0.2, 0.25) is 15.1 Å². The van der Waals surface area contributed by atoms with Crippen LogP contribution in [-0.2, 0) is 10.4 Å². The van der Waals surface area contributed by atoms with Gasteiger partial charge in [0.15, 0.2) is 0 Å². The number of alkyl halides is 3. The molecule has 0 bridgehead atoms. The third-order valence-corrected chi connectivity index (χ3v) is 4.75. The Balaban J connectivity index is 2.02. The van der Waals surface area contributed by atoms with Gasteiger partial charge in [0.25, 0.3) is 5.60 Å². The molecule has 0 amide bonds. The van der Waals surface area contributed by atoms with Crippen molar-refractivity contribution in [3.8, 4) is 0 Å². The number of hydrogen-bond donors (Lipinski definition) is 1. The number of hydrogen-bond acceptors (Lipinski definition) is 4. The van der Waals surface area contributed by atoms with Crippen LogP contribution in [0.1, 0.15) is 17.5 Å². The summed E-state index contributed by atoms with van der Waals surface area (Å²) in [5.74, 6) is 0. The van der Waals surface area contributed by atoms with Crippen LogP contribution >= 0.6 is 34.8 Å². The highest BCUT2D eigenvalue weighted by Gasteiger charge is 2.62. The first kappa shape index (κ1) is 19.7. The van der Waals surface area contributed by atoms with E-state index in [1.165, 1.54) is 24.3 Å². The number of rotatable bonds is 4. The fourth-order valence-electron chi connectivity index (χ4n) is 2.69. The summed E-state index contributed by atoms with van der Waals surface area (Å²) < 4.78 is 41.8. The standard InChI is InChI=1S/C16H9Cl3F3N3O2/c17-10-4-9(5-11(18)6-10)15(16(20,21)22)7-14(24-27-15)8-1-2-12(19)13(3-8)23-25-26/h1-6H,7H2,(H,23,26). The van der Waals surface area contributed by atoms with Crippen LogP contribution in [0.4, 0.5) is 18.9 Å². The maximum Gasteiger partial charge on any atom is 0.435 e. The largest absolute Gasteiger partial charge is 0.435 e. The van der Waals surface area contributed by atoms with E-state index in [2.05, 4.69) is 15.9 Å².